The lowest BCUT2D eigenvalue weighted by Crippen LogP contribution is -1.79. The highest BCUT2D eigenvalue weighted by atomic mass is 32.1. The minimum absolute atomic E-state index is 0.903. The van der Waals surface area contributed by atoms with Gasteiger partial charge >= 0.3 is 0 Å². The van der Waals surface area contributed by atoms with E-state index in [1.165, 1.54) is 31.3 Å². The van der Waals surface area contributed by atoms with Gasteiger partial charge in [0.1, 0.15) is 22.3 Å². The highest BCUT2D eigenvalue weighted by molar-refractivity contribution is 7.25. The number of benzene rings is 6. The summed E-state index contributed by atoms with van der Waals surface area (Å²) in [5.74, 6) is 0. The molecule has 3 heterocycles. The Morgan fingerprint density at radius 3 is 1.41 bits per heavy atom. The smallest absolute Gasteiger partial charge is 0.135 e. The first-order valence-electron chi connectivity index (χ1n) is 13.1. The van der Waals surface area contributed by atoms with E-state index in [9.17, 15) is 0 Å². The molecular formula is C36H20O2S. The van der Waals surface area contributed by atoms with Gasteiger partial charge in [0.2, 0.25) is 0 Å². The summed E-state index contributed by atoms with van der Waals surface area (Å²) >= 11 is 1.85. The topological polar surface area (TPSA) is 26.3 Å². The lowest BCUT2D eigenvalue weighted by atomic mass is 9.98. The van der Waals surface area contributed by atoms with Crippen LogP contribution in [0.25, 0.3) is 86.3 Å². The fraction of sp³-hybridized carbons (Fsp3) is 0. The summed E-state index contributed by atoms with van der Waals surface area (Å²) in [6.45, 7) is 0. The predicted octanol–water partition coefficient (Wildman–Crippen LogP) is 11.2. The van der Waals surface area contributed by atoms with Crippen molar-refractivity contribution < 1.29 is 8.83 Å². The minimum atomic E-state index is 0.903. The molecule has 0 aliphatic carbocycles. The second-order valence-corrected chi connectivity index (χ2v) is 11.2. The summed E-state index contributed by atoms with van der Waals surface area (Å²) in [4.78, 5) is 0. The summed E-state index contributed by atoms with van der Waals surface area (Å²) < 4.78 is 14.9. The van der Waals surface area contributed by atoms with Crippen LogP contribution < -0.4 is 0 Å². The van der Waals surface area contributed by atoms with Crippen molar-refractivity contribution >= 4 is 75.4 Å². The Kier molecular flexibility index (Phi) is 4.24. The Labute approximate surface area is 227 Å². The molecule has 2 nitrogen and oxygen atoms in total. The summed E-state index contributed by atoms with van der Waals surface area (Å²) in [7, 11) is 0. The zero-order chi connectivity index (χ0) is 25.5. The average molecular weight is 517 g/mol. The van der Waals surface area contributed by atoms with Crippen LogP contribution in [0.15, 0.2) is 130 Å². The van der Waals surface area contributed by atoms with Crippen molar-refractivity contribution in [1.29, 1.82) is 0 Å². The third-order valence-electron chi connectivity index (χ3n) is 7.89. The second kappa shape index (κ2) is 7.83. The normalized spacial score (nSPS) is 12.1. The van der Waals surface area contributed by atoms with Crippen molar-refractivity contribution in [1.82, 2.24) is 0 Å². The van der Waals surface area contributed by atoms with Crippen LogP contribution >= 0.6 is 11.3 Å². The number of fused-ring (bicyclic) bond motifs is 9. The molecule has 0 radical (unpaired) electrons. The third kappa shape index (κ3) is 3.14. The molecule has 0 atom stereocenters. The number of para-hydroxylation sites is 1. The fourth-order valence-electron chi connectivity index (χ4n) is 5.95. The molecule has 0 amide bonds. The number of rotatable bonds is 2. The lowest BCUT2D eigenvalue weighted by Gasteiger charge is -2.04. The molecule has 0 bridgehead atoms. The van der Waals surface area contributed by atoms with E-state index in [0.29, 0.717) is 0 Å². The van der Waals surface area contributed by atoms with E-state index in [-0.39, 0.29) is 0 Å². The average Bonchev–Trinajstić information content (AvgIpc) is 3.66. The molecule has 3 heteroatoms. The summed E-state index contributed by atoms with van der Waals surface area (Å²) in [5, 5.41) is 7.18. The van der Waals surface area contributed by atoms with Crippen LogP contribution in [0.4, 0.5) is 0 Å². The molecule has 6 aromatic carbocycles. The van der Waals surface area contributed by atoms with Crippen molar-refractivity contribution in [3.05, 3.63) is 121 Å². The fourth-order valence-corrected chi connectivity index (χ4v) is 7.03. The van der Waals surface area contributed by atoms with Crippen LogP contribution in [0.2, 0.25) is 0 Å². The first kappa shape index (κ1) is 21.1. The van der Waals surface area contributed by atoms with Crippen LogP contribution in [0.3, 0.4) is 0 Å². The van der Waals surface area contributed by atoms with Crippen LogP contribution in [0.1, 0.15) is 0 Å². The summed E-state index contributed by atoms with van der Waals surface area (Å²) in [5.41, 5.74) is 8.38. The van der Waals surface area contributed by atoms with E-state index < -0.39 is 0 Å². The first-order valence-corrected chi connectivity index (χ1v) is 13.9. The zero-order valence-corrected chi connectivity index (χ0v) is 21.6. The van der Waals surface area contributed by atoms with E-state index in [0.717, 1.165) is 55.0 Å². The first-order chi connectivity index (χ1) is 19.3. The predicted molar refractivity (Wildman–Crippen MR) is 165 cm³/mol. The number of thiophene rings is 1. The number of hydrogen-bond donors (Lipinski definition) is 0. The van der Waals surface area contributed by atoms with Crippen molar-refractivity contribution in [2.45, 2.75) is 0 Å². The molecule has 0 saturated carbocycles. The van der Waals surface area contributed by atoms with Crippen molar-refractivity contribution in [2.75, 3.05) is 0 Å². The van der Waals surface area contributed by atoms with Gasteiger partial charge in [0.25, 0.3) is 0 Å². The lowest BCUT2D eigenvalue weighted by molar-refractivity contribution is 0.668. The van der Waals surface area contributed by atoms with Crippen molar-refractivity contribution in [2.24, 2.45) is 0 Å². The monoisotopic (exact) mass is 516 g/mol. The van der Waals surface area contributed by atoms with E-state index >= 15 is 0 Å². The number of furan rings is 2. The highest BCUT2D eigenvalue weighted by Crippen LogP contribution is 2.39. The van der Waals surface area contributed by atoms with Gasteiger partial charge in [-0.25, -0.2) is 0 Å². The van der Waals surface area contributed by atoms with Gasteiger partial charge in [-0.1, -0.05) is 60.7 Å². The Balaban J connectivity index is 1.20. The summed E-state index contributed by atoms with van der Waals surface area (Å²) in [6, 6.07) is 43.1. The van der Waals surface area contributed by atoms with Crippen LogP contribution in [0, 0.1) is 0 Å². The largest absolute Gasteiger partial charge is 0.456 e. The minimum Gasteiger partial charge on any atom is -0.456 e. The maximum atomic E-state index is 6.25. The molecule has 0 spiro atoms. The third-order valence-corrected chi connectivity index (χ3v) is 9.04. The molecule has 9 aromatic rings. The maximum Gasteiger partial charge on any atom is 0.135 e. The van der Waals surface area contributed by atoms with E-state index in [2.05, 4.69) is 109 Å². The van der Waals surface area contributed by atoms with E-state index in [4.69, 9.17) is 8.83 Å². The van der Waals surface area contributed by atoms with E-state index in [1.54, 1.807) is 0 Å². The molecule has 39 heavy (non-hydrogen) atoms. The Morgan fingerprint density at radius 2 is 0.769 bits per heavy atom. The quantitative estimate of drug-likeness (QED) is 0.228. The molecular weight excluding hydrogens is 496 g/mol. The van der Waals surface area contributed by atoms with Gasteiger partial charge in [0.05, 0.1) is 0 Å². The van der Waals surface area contributed by atoms with Crippen molar-refractivity contribution in [3.63, 3.8) is 0 Å². The maximum absolute atomic E-state index is 6.25. The molecule has 0 saturated heterocycles. The second-order valence-electron chi connectivity index (χ2n) is 10.1. The van der Waals surface area contributed by atoms with Gasteiger partial charge < -0.3 is 8.83 Å². The van der Waals surface area contributed by atoms with Crippen LogP contribution in [-0.2, 0) is 0 Å². The van der Waals surface area contributed by atoms with Crippen LogP contribution in [0.5, 0.6) is 0 Å². The van der Waals surface area contributed by atoms with Crippen LogP contribution in [-0.4, -0.2) is 0 Å². The highest BCUT2D eigenvalue weighted by Gasteiger charge is 2.13. The van der Waals surface area contributed by atoms with Gasteiger partial charge in [-0.3, -0.25) is 0 Å². The van der Waals surface area contributed by atoms with Gasteiger partial charge in [0.15, 0.2) is 0 Å². The molecule has 0 aliphatic rings. The van der Waals surface area contributed by atoms with Crippen molar-refractivity contribution in [3.8, 4) is 22.3 Å². The number of hydrogen-bond acceptors (Lipinski definition) is 3. The van der Waals surface area contributed by atoms with Gasteiger partial charge in [-0.2, -0.15) is 0 Å². The molecule has 0 fully saturated rings. The Bertz CT molecular complexity index is 2230. The van der Waals surface area contributed by atoms with Gasteiger partial charge in [0, 0.05) is 41.7 Å². The van der Waals surface area contributed by atoms with Gasteiger partial charge in [-0.05, 0) is 82.9 Å². The van der Waals surface area contributed by atoms with E-state index in [1.807, 2.05) is 23.5 Å². The molecule has 0 N–H and O–H groups in total. The Hall–Kier alpha value is -4.86. The molecule has 0 aliphatic heterocycles. The zero-order valence-electron chi connectivity index (χ0n) is 20.8. The molecule has 182 valence electrons. The Morgan fingerprint density at radius 1 is 0.333 bits per heavy atom. The molecule has 9 rings (SSSR count). The van der Waals surface area contributed by atoms with Gasteiger partial charge in [-0.15, -0.1) is 11.3 Å². The summed E-state index contributed by atoms with van der Waals surface area (Å²) in [6.07, 6.45) is 0. The standard InChI is InChI=1S/C36H20O2S/c1-3-7-31-25(5-1)27-17-21(9-13-32(27)37-31)22-10-14-33-28(18-22)29-19-23(11-15-34(29)38-33)24-12-16-36-30(20-24)26-6-2-4-8-35(26)39-36/h1-20H. The molecule has 3 aromatic heterocycles. The SMILES string of the molecule is c1ccc2c(c1)oc1ccc(-c3ccc4oc5ccc(-c6ccc7sc8ccccc8c7c6)cc5c4c3)cc12. The molecule has 0 unspecified atom stereocenters.